The normalized spacial score (nSPS) is 14.5. The van der Waals surface area contributed by atoms with Crippen LogP contribution in [0.1, 0.15) is 53.9 Å². The highest BCUT2D eigenvalue weighted by Crippen LogP contribution is 2.14. The molecule has 1 unspecified atom stereocenters. The smallest absolute Gasteiger partial charge is 0.0101 e. The molecule has 1 radical (unpaired) electrons. The Morgan fingerprint density at radius 2 is 1.54 bits per heavy atom. The van der Waals surface area contributed by atoms with E-state index in [0.717, 1.165) is 0 Å². The average molecular weight is 184 g/mol. The zero-order valence-electron chi connectivity index (χ0n) is 10.0. The molecule has 0 bridgehead atoms. The van der Waals surface area contributed by atoms with Crippen molar-refractivity contribution in [1.29, 1.82) is 0 Å². The molecule has 1 nitrogen and oxygen atoms in total. The Labute approximate surface area is 84.5 Å². The summed E-state index contributed by atoms with van der Waals surface area (Å²) in [5.41, 5.74) is 0. The first kappa shape index (κ1) is 13.0. The molecule has 13 heavy (non-hydrogen) atoms. The molecule has 0 saturated carbocycles. The van der Waals surface area contributed by atoms with E-state index in [-0.39, 0.29) is 0 Å². The Morgan fingerprint density at radius 1 is 1.08 bits per heavy atom. The third kappa shape index (κ3) is 4.66. The number of hydrogen-bond acceptors (Lipinski definition) is 1. The van der Waals surface area contributed by atoms with Gasteiger partial charge in [0.15, 0.2) is 0 Å². The Morgan fingerprint density at radius 3 is 1.85 bits per heavy atom. The fourth-order valence-corrected chi connectivity index (χ4v) is 2.03. The molecule has 79 valence electrons. The molecule has 0 saturated heterocycles. The van der Waals surface area contributed by atoms with Crippen LogP contribution in [0.25, 0.3) is 0 Å². The SMILES string of the molecule is [CH2]C(CCCC)N(C(C)C)C(C)C. The van der Waals surface area contributed by atoms with Gasteiger partial charge in [-0.1, -0.05) is 19.8 Å². The van der Waals surface area contributed by atoms with Crippen molar-refractivity contribution in [2.24, 2.45) is 0 Å². The fraction of sp³-hybridized carbons (Fsp3) is 0.917. The highest BCUT2D eigenvalue weighted by atomic mass is 15.2. The molecule has 0 amide bonds. The first-order valence-corrected chi connectivity index (χ1v) is 5.61. The van der Waals surface area contributed by atoms with Crippen LogP contribution in [0.5, 0.6) is 0 Å². The lowest BCUT2D eigenvalue weighted by Gasteiger charge is -2.36. The van der Waals surface area contributed by atoms with Crippen molar-refractivity contribution in [3.8, 4) is 0 Å². The first-order valence-electron chi connectivity index (χ1n) is 5.61. The standard InChI is InChI=1S/C12H26N/c1-7-8-9-12(6)13(10(2)3)11(4)5/h10-12H,6-9H2,1-5H3. The molecule has 0 aromatic heterocycles. The zero-order valence-corrected chi connectivity index (χ0v) is 10.0. The van der Waals surface area contributed by atoms with Crippen LogP contribution in [-0.2, 0) is 0 Å². The molecule has 0 heterocycles. The van der Waals surface area contributed by atoms with Crippen molar-refractivity contribution in [2.75, 3.05) is 0 Å². The van der Waals surface area contributed by atoms with Gasteiger partial charge in [-0.3, -0.25) is 4.90 Å². The minimum Gasteiger partial charge on any atom is -0.296 e. The van der Waals surface area contributed by atoms with Crippen LogP contribution in [0.15, 0.2) is 0 Å². The summed E-state index contributed by atoms with van der Waals surface area (Å²) in [7, 11) is 0. The number of nitrogens with zero attached hydrogens (tertiary/aromatic N) is 1. The minimum absolute atomic E-state index is 0.486. The Hall–Kier alpha value is -0.0400. The molecular weight excluding hydrogens is 158 g/mol. The van der Waals surface area contributed by atoms with Crippen LogP contribution in [0.3, 0.4) is 0 Å². The van der Waals surface area contributed by atoms with Crippen LogP contribution < -0.4 is 0 Å². The third-order valence-corrected chi connectivity index (χ3v) is 2.51. The fourth-order valence-electron chi connectivity index (χ4n) is 2.03. The molecule has 0 rings (SSSR count). The maximum absolute atomic E-state index is 4.24. The summed E-state index contributed by atoms with van der Waals surface area (Å²) >= 11 is 0. The molecule has 0 aliphatic heterocycles. The lowest BCUT2D eigenvalue weighted by atomic mass is 10.1. The second-order valence-corrected chi connectivity index (χ2v) is 4.43. The molecular formula is C12H26N. The molecule has 0 fully saturated rings. The lowest BCUT2D eigenvalue weighted by molar-refractivity contribution is 0.129. The van der Waals surface area contributed by atoms with Crippen molar-refractivity contribution < 1.29 is 0 Å². The van der Waals surface area contributed by atoms with E-state index in [1.807, 2.05) is 0 Å². The van der Waals surface area contributed by atoms with Gasteiger partial charge in [-0.25, -0.2) is 0 Å². The van der Waals surface area contributed by atoms with E-state index >= 15 is 0 Å². The van der Waals surface area contributed by atoms with Gasteiger partial charge in [0.1, 0.15) is 0 Å². The average Bonchev–Trinajstić information content (AvgIpc) is 1.99. The molecule has 0 N–H and O–H groups in total. The summed E-state index contributed by atoms with van der Waals surface area (Å²) in [6.45, 7) is 15.5. The second-order valence-electron chi connectivity index (χ2n) is 4.43. The van der Waals surface area contributed by atoms with Gasteiger partial charge in [0.05, 0.1) is 0 Å². The predicted octanol–water partition coefficient (Wildman–Crippen LogP) is 3.50. The van der Waals surface area contributed by atoms with E-state index in [2.05, 4.69) is 46.4 Å². The van der Waals surface area contributed by atoms with E-state index in [9.17, 15) is 0 Å². The number of hydrogen-bond donors (Lipinski definition) is 0. The van der Waals surface area contributed by atoms with Gasteiger partial charge in [-0.2, -0.15) is 0 Å². The third-order valence-electron chi connectivity index (χ3n) is 2.51. The molecule has 0 aromatic carbocycles. The van der Waals surface area contributed by atoms with Crippen molar-refractivity contribution in [3.05, 3.63) is 6.92 Å². The van der Waals surface area contributed by atoms with Gasteiger partial charge in [0.25, 0.3) is 0 Å². The van der Waals surface area contributed by atoms with Gasteiger partial charge in [-0.05, 0) is 41.0 Å². The van der Waals surface area contributed by atoms with E-state index in [4.69, 9.17) is 0 Å². The van der Waals surface area contributed by atoms with Crippen LogP contribution in [-0.4, -0.2) is 23.0 Å². The van der Waals surface area contributed by atoms with Crippen molar-refractivity contribution in [1.82, 2.24) is 4.90 Å². The molecule has 1 atom stereocenters. The summed E-state index contributed by atoms with van der Waals surface area (Å²) in [6.07, 6.45) is 3.80. The van der Waals surface area contributed by atoms with E-state index in [1.165, 1.54) is 19.3 Å². The largest absolute Gasteiger partial charge is 0.296 e. The topological polar surface area (TPSA) is 3.24 Å². The van der Waals surface area contributed by atoms with Crippen molar-refractivity contribution >= 4 is 0 Å². The van der Waals surface area contributed by atoms with E-state index < -0.39 is 0 Å². The lowest BCUT2D eigenvalue weighted by Crippen LogP contribution is -2.43. The van der Waals surface area contributed by atoms with Gasteiger partial charge in [-0.15, -0.1) is 0 Å². The second kappa shape index (κ2) is 6.42. The van der Waals surface area contributed by atoms with Gasteiger partial charge < -0.3 is 0 Å². The van der Waals surface area contributed by atoms with Gasteiger partial charge in [0.2, 0.25) is 0 Å². The minimum atomic E-state index is 0.486. The molecule has 0 aliphatic rings. The van der Waals surface area contributed by atoms with E-state index in [0.29, 0.717) is 18.1 Å². The van der Waals surface area contributed by atoms with Crippen LogP contribution >= 0.6 is 0 Å². The quantitative estimate of drug-likeness (QED) is 0.610. The predicted molar refractivity (Wildman–Crippen MR) is 60.8 cm³/mol. The van der Waals surface area contributed by atoms with Gasteiger partial charge in [0, 0.05) is 18.1 Å². The Balaban J connectivity index is 4.04. The van der Waals surface area contributed by atoms with Crippen molar-refractivity contribution in [2.45, 2.75) is 72.0 Å². The highest BCUT2D eigenvalue weighted by Gasteiger charge is 2.19. The molecule has 0 aromatic rings. The maximum Gasteiger partial charge on any atom is 0.0101 e. The monoisotopic (exact) mass is 184 g/mol. The van der Waals surface area contributed by atoms with Crippen LogP contribution in [0, 0.1) is 6.92 Å². The Kier molecular flexibility index (Phi) is 6.40. The zero-order chi connectivity index (χ0) is 10.4. The maximum atomic E-state index is 4.24. The number of rotatable bonds is 6. The summed E-state index contributed by atoms with van der Waals surface area (Å²) in [4.78, 5) is 2.50. The van der Waals surface area contributed by atoms with E-state index in [1.54, 1.807) is 0 Å². The molecule has 1 heteroatoms. The number of unbranched alkanes of at least 4 members (excludes halogenated alkanes) is 1. The highest BCUT2D eigenvalue weighted by molar-refractivity contribution is 4.79. The van der Waals surface area contributed by atoms with Crippen molar-refractivity contribution in [3.63, 3.8) is 0 Å². The first-order chi connectivity index (χ1) is 6.00. The van der Waals surface area contributed by atoms with Crippen LogP contribution in [0.2, 0.25) is 0 Å². The van der Waals surface area contributed by atoms with Gasteiger partial charge >= 0.3 is 0 Å². The summed E-state index contributed by atoms with van der Waals surface area (Å²) in [6, 6.07) is 1.71. The molecule has 0 aliphatic carbocycles. The van der Waals surface area contributed by atoms with Crippen LogP contribution in [0.4, 0.5) is 0 Å². The summed E-state index contributed by atoms with van der Waals surface area (Å²) < 4.78 is 0. The Bertz CT molecular complexity index is 110. The summed E-state index contributed by atoms with van der Waals surface area (Å²) in [5, 5.41) is 0. The summed E-state index contributed by atoms with van der Waals surface area (Å²) in [5.74, 6) is 0. The molecule has 0 spiro atoms.